The Morgan fingerprint density at radius 1 is 1.62 bits per heavy atom. The predicted octanol–water partition coefficient (Wildman–Crippen LogP) is 1.94. The van der Waals surface area contributed by atoms with E-state index in [2.05, 4.69) is 4.98 Å². The molecule has 0 saturated heterocycles. The van der Waals surface area contributed by atoms with Crippen molar-refractivity contribution < 1.29 is 14.3 Å². The first-order valence-electron chi connectivity index (χ1n) is 4.36. The highest BCUT2D eigenvalue weighted by atomic mass is 32.1. The van der Waals surface area contributed by atoms with Crippen molar-refractivity contribution in [2.24, 2.45) is 0 Å². The molecule has 3 N–H and O–H groups in total. The molecule has 0 aliphatic heterocycles. The van der Waals surface area contributed by atoms with E-state index in [1.54, 1.807) is 17.5 Å². The lowest BCUT2D eigenvalue weighted by Gasteiger charge is -1.96. The highest BCUT2D eigenvalue weighted by Crippen LogP contribution is 2.22. The molecule has 0 aliphatic rings. The van der Waals surface area contributed by atoms with Crippen molar-refractivity contribution in [3.63, 3.8) is 0 Å². The number of nitrogens with zero attached hydrogens (tertiary/aromatic N) is 1. The highest BCUT2D eigenvalue weighted by Gasteiger charge is 2.14. The molecule has 2 aromatic rings. The average molecular weight is 236 g/mol. The lowest BCUT2D eigenvalue weighted by Crippen LogP contribution is -2.00. The molecular weight excluding hydrogens is 228 g/mol. The summed E-state index contributed by atoms with van der Waals surface area (Å²) in [7, 11) is 0. The summed E-state index contributed by atoms with van der Waals surface area (Å²) in [6, 6.07) is 3.35. The number of hydrogen-bond donors (Lipinski definition) is 2. The summed E-state index contributed by atoms with van der Waals surface area (Å²) in [5, 5.41) is 11.0. The van der Waals surface area contributed by atoms with Gasteiger partial charge in [0.15, 0.2) is 5.13 Å². The molecule has 0 unspecified atom stereocenters. The number of rotatable bonds is 3. The van der Waals surface area contributed by atoms with Gasteiger partial charge in [0, 0.05) is 5.38 Å². The van der Waals surface area contributed by atoms with Crippen molar-refractivity contribution >= 4 is 34.1 Å². The lowest BCUT2D eigenvalue weighted by molar-refractivity contribution is -0.130. The van der Waals surface area contributed by atoms with Crippen LogP contribution in [0.4, 0.5) is 5.13 Å². The van der Waals surface area contributed by atoms with Crippen LogP contribution in [0.1, 0.15) is 11.5 Å². The van der Waals surface area contributed by atoms with Gasteiger partial charge in [-0.1, -0.05) is 0 Å². The van der Waals surface area contributed by atoms with E-state index in [1.165, 1.54) is 23.7 Å². The van der Waals surface area contributed by atoms with Crippen LogP contribution in [0.3, 0.4) is 0 Å². The SMILES string of the molecule is Nc1nc(C(=Cc2ccco2)C(=O)O)cs1. The van der Waals surface area contributed by atoms with Crippen LogP contribution < -0.4 is 5.73 Å². The topological polar surface area (TPSA) is 89.4 Å². The van der Waals surface area contributed by atoms with Gasteiger partial charge in [0.25, 0.3) is 0 Å². The Labute approximate surface area is 94.8 Å². The van der Waals surface area contributed by atoms with Crippen molar-refractivity contribution in [2.75, 3.05) is 5.73 Å². The molecule has 2 aromatic heterocycles. The highest BCUT2D eigenvalue weighted by molar-refractivity contribution is 7.13. The molecule has 0 bridgehead atoms. The van der Waals surface area contributed by atoms with Gasteiger partial charge in [-0.25, -0.2) is 9.78 Å². The monoisotopic (exact) mass is 236 g/mol. The summed E-state index contributed by atoms with van der Waals surface area (Å²) in [6.07, 6.45) is 2.89. The lowest BCUT2D eigenvalue weighted by atomic mass is 10.2. The maximum Gasteiger partial charge on any atom is 0.338 e. The van der Waals surface area contributed by atoms with Crippen LogP contribution >= 0.6 is 11.3 Å². The molecule has 0 aromatic carbocycles. The summed E-state index contributed by atoms with van der Waals surface area (Å²) >= 11 is 1.19. The van der Waals surface area contributed by atoms with E-state index in [9.17, 15) is 4.79 Å². The fourth-order valence-electron chi connectivity index (χ4n) is 1.17. The first kappa shape index (κ1) is 10.4. The number of nitrogen functional groups attached to an aromatic ring is 1. The number of hydrogen-bond acceptors (Lipinski definition) is 5. The Balaban J connectivity index is 2.42. The summed E-state index contributed by atoms with van der Waals surface area (Å²) in [5.74, 6) is -0.606. The second kappa shape index (κ2) is 4.19. The second-order valence-electron chi connectivity index (χ2n) is 2.95. The number of anilines is 1. The van der Waals surface area contributed by atoms with Gasteiger partial charge >= 0.3 is 5.97 Å². The molecule has 2 rings (SSSR count). The van der Waals surface area contributed by atoms with Crippen LogP contribution in [0.15, 0.2) is 28.2 Å². The van der Waals surface area contributed by atoms with Crippen LogP contribution in [0.25, 0.3) is 11.6 Å². The summed E-state index contributed by atoms with van der Waals surface area (Å²) in [6.45, 7) is 0. The minimum atomic E-state index is -1.07. The van der Waals surface area contributed by atoms with E-state index in [4.69, 9.17) is 15.3 Å². The molecule has 0 spiro atoms. The molecule has 0 aliphatic carbocycles. The molecule has 82 valence electrons. The first-order valence-corrected chi connectivity index (χ1v) is 5.24. The molecule has 0 fully saturated rings. The predicted molar refractivity (Wildman–Crippen MR) is 60.7 cm³/mol. The van der Waals surface area contributed by atoms with Gasteiger partial charge in [0.2, 0.25) is 0 Å². The van der Waals surface area contributed by atoms with Gasteiger partial charge in [-0.15, -0.1) is 11.3 Å². The molecule has 0 saturated carbocycles. The number of nitrogens with two attached hydrogens (primary N) is 1. The van der Waals surface area contributed by atoms with Gasteiger partial charge in [0.05, 0.1) is 17.5 Å². The summed E-state index contributed by atoms with van der Waals surface area (Å²) in [5.41, 5.74) is 5.85. The summed E-state index contributed by atoms with van der Waals surface area (Å²) in [4.78, 5) is 15.0. The van der Waals surface area contributed by atoms with Crippen molar-refractivity contribution in [2.45, 2.75) is 0 Å². The van der Waals surface area contributed by atoms with Gasteiger partial charge in [-0.05, 0) is 18.2 Å². The zero-order valence-electron chi connectivity index (χ0n) is 8.08. The van der Waals surface area contributed by atoms with Crippen LogP contribution in [-0.2, 0) is 4.79 Å². The third kappa shape index (κ3) is 2.12. The third-order valence-corrected chi connectivity index (χ3v) is 2.53. The van der Waals surface area contributed by atoms with E-state index >= 15 is 0 Å². The second-order valence-corrected chi connectivity index (χ2v) is 3.84. The molecule has 0 atom stereocenters. The molecule has 0 radical (unpaired) electrons. The smallest absolute Gasteiger partial charge is 0.338 e. The molecule has 5 nitrogen and oxygen atoms in total. The zero-order chi connectivity index (χ0) is 11.5. The van der Waals surface area contributed by atoms with Crippen molar-refractivity contribution in [1.82, 2.24) is 4.98 Å². The maximum absolute atomic E-state index is 11.0. The average Bonchev–Trinajstić information content (AvgIpc) is 2.84. The van der Waals surface area contributed by atoms with Crippen molar-refractivity contribution in [1.29, 1.82) is 0 Å². The van der Waals surface area contributed by atoms with E-state index in [1.807, 2.05) is 0 Å². The standard InChI is InChI=1S/C10H8N2O3S/c11-10-12-8(5-16-10)7(9(13)14)4-6-2-1-3-15-6/h1-5H,(H2,11,12)(H,13,14). The number of thiazole rings is 1. The Hall–Kier alpha value is -2.08. The van der Waals surface area contributed by atoms with Crippen LogP contribution in [0.5, 0.6) is 0 Å². The van der Waals surface area contributed by atoms with Gasteiger partial charge in [-0.2, -0.15) is 0 Å². The van der Waals surface area contributed by atoms with Gasteiger partial charge in [-0.3, -0.25) is 0 Å². The molecular formula is C10H8N2O3S. The normalized spacial score (nSPS) is 11.6. The van der Waals surface area contributed by atoms with E-state index < -0.39 is 5.97 Å². The number of aliphatic carboxylic acids is 1. The maximum atomic E-state index is 11.0. The molecule has 16 heavy (non-hydrogen) atoms. The number of carboxylic acids is 1. The molecule has 2 heterocycles. The van der Waals surface area contributed by atoms with Gasteiger partial charge in [0.1, 0.15) is 5.76 Å². The van der Waals surface area contributed by atoms with Crippen LogP contribution in [0, 0.1) is 0 Å². The minimum Gasteiger partial charge on any atom is -0.478 e. The number of aromatic nitrogens is 1. The Bertz CT molecular complexity index is 528. The number of carboxylic acid groups (broad SMARTS) is 1. The van der Waals surface area contributed by atoms with E-state index in [-0.39, 0.29) is 5.57 Å². The van der Waals surface area contributed by atoms with Crippen molar-refractivity contribution in [3.05, 3.63) is 35.2 Å². The Morgan fingerprint density at radius 3 is 2.94 bits per heavy atom. The molecule has 0 amide bonds. The number of carbonyl (C=O) groups is 1. The number of furan rings is 1. The summed E-state index contributed by atoms with van der Waals surface area (Å²) < 4.78 is 5.05. The zero-order valence-corrected chi connectivity index (χ0v) is 8.90. The quantitative estimate of drug-likeness (QED) is 0.795. The minimum absolute atomic E-state index is 0.0582. The fourth-order valence-corrected chi connectivity index (χ4v) is 1.74. The van der Waals surface area contributed by atoms with Crippen molar-refractivity contribution in [3.8, 4) is 0 Å². The molecule has 6 heteroatoms. The van der Waals surface area contributed by atoms with Gasteiger partial charge < -0.3 is 15.3 Å². The Kier molecular flexibility index (Phi) is 2.74. The van der Waals surface area contributed by atoms with E-state index in [0.717, 1.165) is 0 Å². The largest absolute Gasteiger partial charge is 0.478 e. The van der Waals surface area contributed by atoms with E-state index in [0.29, 0.717) is 16.6 Å². The fraction of sp³-hybridized carbons (Fsp3) is 0. The first-order chi connectivity index (χ1) is 7.66. The van der Waals surface area contributed by atoms with Crippen LogP contribution in [0.2, 0.25) is 0 Å². The van der Waals surface area contributed by atoms with Crippen LogP contribution in [-0.4, -0.2) is 16.1 Å². The third-order valence-electron chi connectivity index (χ3n) is 1.86. The Morgan fingerprint density at radius 2 is 2.44 bits per heavy atom.